The summed E-state index contributed by atoms with van der Waals surface area (Å²) in [5, 5.41) is 20.3. The highest BCUT2D eigenvalue weighted by molar-refractivity contribution is 4.53. The lowest BCUT2D eigenvalue weighted by atomic mass is 10.2. The molecule has 0 aliphatic rings. The Hall–Kier alpha value is -0.160. The summed E-state index contributed by atoms with van der Waals surface area (Å²) in [4.78, 5) is 0. The van der Waals surface area contributed by atoms with Gasteiger partial charge in [-0.2, -0.15) is 0 Å². The molecule has 0 radical (unpaired) electrons. The Labute approximate surface area is 100 Å². The first-order valence-corrected chi connectivity index (χ1v) is 6.42. The molecule has 0 bridgehead atoms. The molecule has 0 aromatic heterocycles. The maximum absolute atomic E-state index is 8.86. The van der Waals surface area contributed by atoms with Crippen molar-refractivity contribution in [1.29, 1.82) is 0 Å². The highest BCUT2D eigenvalue weighted by Crippen LogP contribution is 1.97. The average molecular weight is 234 g/mol. The van der Waals surface area contributed by atoms with Crippen molar-refractivity contribution in [2.45, 2.75) is 52.1 Å². The molecule has 4 nitrogen and oxygen atoms in total. The third kappa shape index (κ3) is 19.4. The molecule has 0 aromatic rings. The Morgan fingerprint density at radius 3 is 2.19 bits per heavy atom. The van der Waals surface area contributed by atoms with Crippen molar-refractivity contribution in [3.8, 4) is 0 Å². The van der Waals surface area contributed by atoms with E-state index in [2.05, 4.69) is 19.2 Å². The molecule has 100 valence electrons. The fraction of sp³-hybridized carbons (Fsp3) is 1.00. The Bertz CT molecular complexity index is 107. The van der Waals surface area contributed by atoms with Crippen LogP contribution in [-0.4, -0.2) is 42.6 Å². The highest BCUT2D eigenvalue weighted by Gasteiger charge is 1.96. The lowest BCUT2D eigenvalue weighted by molar-refractivity contribution is 0.169. The molecule has 16 heavy (non-hydrogen) atoms. The van der Waals surface area contributed by atoms with Crippen molar-refractivity contribution in [1.82, 2.24) is 5.32 Å². The van der Waals surface area contributed by atoms with Crippen LogP contribution in [0.2, 0.25) is 0 Å². The summed E-state index contributed by atoms with van der Waals surface area (Å²) in [6.07, 6.45) is 5.23. The number of hydrogen-bond donors (Lipinski definition) is 4. The molecule has 0 amide bonds. The van der Waals surface area contributed by atoms with Crippen LogP contribution in [0.25, 0.3) is 0 Å². The van der Waals surface area contributed by atoms with Crippen LogP contribution in [0.4, 0.5) is 0 Å². The summed E-state index contributed by atoms with van der Waals surface area (Å²) in [7, 11) is 0. The quantitative estimate of drug-likeness (QED) is 0.446. The van der Waals surface area contributed by atoms with Crippen LogP contribution in [-0.2, 0) is 0 Å². The van der Waals surface area contributed by atoms with Gasteiger partial charge in [0.05, 0.1) is 12.7 Å². The minimum Gasteiger partial charge on any atom is -0.395 e. The van der Waals surface area contributed by atoms with Crippen LogP contribution in [0, 0.1) is 0 Å². The van der Waals surface area contributed by atoms with Crippen molar-refractivity contribution in [3.63, 3.8) is 0 Å². The molecule has 1 atom stereocenters. The fourth-order valence-corrected chi connectivity index (χ4v) is 1.06. The third-order valence-corrected chi connectivity index (χ3v) is 2.16. The van der Waals surface area contributed by atoms with Gasteiger partial charge in [-0.3, -0.25) is 0 Å². The van der Waals surface area contributed by atoms with E-state index < -0.39 is 0 Å². The van der Waals surface area contributed by atoms with Crippen LogP contribution < -0.4 is 11.1 Å². The molecule has 0 fully saturated rings. The second-order valence-corrected chi connectivity index (χ2v) is 3.86. The number of unbranched alkanes of at least 4 members (excludes halogenated alkanes) is 2. The van der Waals surface area contributed by atoms with Gasteiger partial charge in [0.15, 0.2) is 0 Å². The molecule has 0 heterocycles. The number of rotatable bonds is 9. The Kier molecular flexibility index (Phi) is 19.6. The van der Waals surface area contributed by atoms with E-state index in [4.69, 9.17) is 15.9 Å². The molecule has 1 unspecified atom stereocenters. The van der Waals surface area contributed by atoms with Gasteiger partial charge in [-0.1, -0.05) is 33.1 Å². The minimum absolute atomic E-state index is 0.254. The van der Waals surface area contributed by atoms with Gasteiger partial charge in [0.2, 0.25) is 0 Å². The van der Waals surface area contributed by atoms with E-state index in [9.17, 15) is 0 Å². The molecule has 0 saturated carbocycles. The Morgan fingerprint density at radius 1 is 1.12 bits per heavy atom. The molecule has 0 rings (SSSR count). The zero-order valence-corrected chi connectivity index (χ0v) is 10.9. The van der Waals surface area contributed by atoms with Gasteiger partial charge in [-0.25, -0.2) is 0 Å². The van der Waals surface area contributed by atoms with Crippen LogP contribution in [0.15, 0.2) is 0 Å². The number of nitrogens with one attached hydrogen (secondary N) is 1. The average Bonchev–Trinajstić information content (AvgIpc) is 2.32. The van der Waals surface area contributed by atoms with Crippen molar-refractivity contribution in [2.24, 2.45) is 5.73 Å². The van der Waals surface area contributed by atoms with Crippen molar-refractivity contribution < 1.29 is 10.2 Å². The van der Waals surface area contributed by atoms with E-state index in [1.54, 1.807) is 0 Å². The summed E-state index contributed by atoms with van der Waals surface area (Å²) in [6, 6.07) is 0. The predicted molar refractivity (Wildman–Crippen MR) is 69.4 cm³/mol. The molecule has 4 heteroatoms. The molecule has 0 aliphatic carbocycles. The van der Waals surface area contributed by atoms with E-state index in [0.717, 1.165) is 32.4 Å². The monoisotopic (exact) mass is 234 g/mol. The summed E-state index contributed by atoms with van der Waals surface area (Å²) < 4.78 is 0. The van der Waals surface area contributed by atoms with Gasteiger partial charge >= 0.3 is 0 Å². The molecule has 0 aromatic carbocycles. The molecule has 0 saturated heterocycles. The molecule has 0 aliphatic heterocycles. The van der Waals surface area contributed by atoms with Crippen LogP contribution in [0.3, 0.4) is 0 Å². The summed E-state index contributed by atoms with van der Waals surface area (Å²) in [6.45, 7) is 6.69. The zero-order chi connectivity index (χ0) is 12.6. The predicted octanol–water partition coefficient (Wildman–Crippen LogP) is 0.865. The molecule has 0 spiro atoms. The standard InChI is InChI=1S/2C6H15NO/c1-2-3-4-7-5-6-8;1-2-3-4-6(8)5-7/h7-8H,2-6H2,1H3;6,8H,2-5,7H2,1H3. The largest absolute Gasteiger partial charge is 0.395 e. The van der Waals surface area contributed by atoms with E-state index in [1.807, 2.05) is 0 Å². The highest BCUT2D eigenvalue weighted by atomic mass is 16.3. The number of hydrogen-bond acceptors (Lipinski definition) is 4. The Balaban J connectivity index is 0. The topological polar surface area (TPSA) is 78.5 Å². The van der Waals surface area contributed by atoms with Crippen molar-refractivity contribution in [2.75, 3.05) is 26.2 Å². The summed E-state index contributed by atoms with van der Waals surface area (Å²) in [5.74, 6) is 0. The van der Waals surface area contributed by atoms with Crippen molar-refractivity contribution >= 4 is 0 Å². The number of aliphatic hydroxyl groups excluding tert-OH is 2. The lowest BCUT2D eigenvalue weighted by Crippen LogP contribution is -2.18. The van der Waals surface area contributed by atoms with Gasteiger partial charge in [0.1, 0.15) is 0 Å². The SMILES string of the molecule is CCCCC(O)CN.CCCCNCCO. The normalized spacial score (nSPS) is 11.8. The molecular weight excluding hydrogens is 204 g/mol. The van der Waals surface area contributed by atoms with Gasteiger partial charge in [-0.15, -0.1) is 0 Å². The van der Waals surface area contributed by atoms with Crippen LogP contribution in [0.5, 0.6) is 0 Å². The second kappa shape index (κ2) is 17.2. The number of nitrogens with two attached hydrogens (primary N) is 1. The minimum atomic E-state index is -0.269. The van der Waals surface area contributed by atoms with E-state index in [1.165, 1.54) is 12.8 Å². The molecular formula is C12H30N2O2. The first kappa shape index (κ1) is 18.2. The summed E-state index contributed by atoms with van der Waals surface area (Å²) >= 11 is 0. The lowest BCUT2D eigenvalue weighted by Gasteiger charge is -2.03. The van der Waals surface area contributed by atoms with E-state index >= 15 is 0 Å². The van der Waals surface area contributed by atoms with Gasteiger partial charge in [-0.05, 0) is 19.4 Å². The fourth-order valence-electron chi connectivity index (χ4n) is 1.06. The molecule has 5 N–H and O–H groups in total. The van der Waals surface area contributed by atoms with Gasteiger partial charge in [0, 0.05) is 13.1 Å². The van der Waals surface area contributed by atoms with E-state index in [0.29, 0.717) is 6.54 Å². The first-order chi connectivity index (χ1) is 7.72. The van der Waals surface area contributed by atoms with Crippen LogP contribution >= 0.6 is 0 Å². The van der Waals surface area contributed by atoms with E-state index in [-0.39, 0.29) is 12.7 Å². The van der Waals surface area contributed by atoms with Crippen LogP contribution in [0.1, 0.15) is 46.0 Å². The summed E-state index contributed by atoms with van der Waals surface area (Å²) in [5.41, 5.74) is 5.16. The van der Waals surface area contributed by atoms with Gasteiger partial charge in [0.25, 0.3) is 0 Å². The van der Waals surface area contributed by atoms with Crippen molar-refractivity contribution in [3.05, 3.63) is 0 Å². The second-order valence-electron chi connectivity index (χ2n) is 3.86. The maximum atomic E-state index is 8.86. The zero-order valence-electron chi connectivity index (χ0n) is 10.9. The smallest absolute Gasteiger partial charge is 0.0662 e. The van der Waals surface area contributed by atoms with Gasteiger partial charge < -0.3 is 21.3 Å². The number of aliphatic hydroxyl groups is 2. The Morgan fingerprint density at radius 2 is 1.75 bits per heavy atom. The first-order valence-electron chi connectivity index (χ1n) is 6.42. The maximum Gasteiger partial charge on any atom is 0.0662 e. The third-order valence-electron chi connectivity index (χ3n) is 2.16.